The molecule has 0 amide bonds. The minimum absolute atomic E-state index is 0.0311. The molecule has 0 spiro atoms. The molecule has 1 aliphatic rings. The third-order valence-electron chi connectivity index (χ3n) is 3.88. The highest BCUT2D eigenvalue weighted by molar-refractivity contribution is 7.89. The average Bonchev–Trinajstić information content (AvgIpc) is 3.31. The molecule has 1 unspecified atom stereocenters. The van der Waals surface area contributed by atoms with E-state index in [0.29, 0.717) is 17.2 Å². The largest absolute Gasteiger partial charge is 0.395 e. The lowest BCUT2D eigenvalue weighted by molar-refractivity contribution is 0.305. The van der Waals surface area contributed by atoms with Crippen LogP contribution in [-0.2, 0) is 10.0 Å². The van der Waals surface area contributed by atoms with Crippen LogP contribution >= 0.6 is 0 Å². The highest BCUT2D eigenvalue weighted by atomic mass is 32.2. The molecule has 1 aromatic rings. The van der Waals surface area contributed by atoms with Gasteiger partial charge in [0.1, 0.15) is 0 Å². The summed E-state index contributed by atoms with van der Waals surface area (Å²) in [5.41, 5.74) is 0.750. The van der Waals surface area contributed by atoms with Gasteiger partial charge in [0, 0.05) is 25.1 Å². The van der Waals surface area contributed by atoms with E-state index in [9.17, 15) is 8.42 Å². The maximum absolute atomic E-state index is 12.5. The van der Waals surface area contributed by atoms with Crippen molar-refractivity contribution in [2.45, 2.75) is 37.1 Å². The first-order chi connectivity index (χ1) is 9.96. The highest BCUT2D eigenvalue weighted by Crippen LogP contribution is 2.36. The molecule has 1 saturated carbocycles. The van der Waals surface area contributed by atoms with Crippen molar-refractivity contribution in [1.29, 1.82) is 0 Å². The predicted octanol–water partition coefficient (Wildman–Crippen LogP) is 1.84. The first-order valence-corrected chi connectivity index (χ1v) is 8.58. The molecule has 0 heterocycles. The maximum atomic E-state index is 12.5. The Morgan fingerprint density at radius 1 is 1.33 bits per heavy atom. The van der Waals surface area contributed by atoms with Gasteiger partial charge in [0.25, 0.3) is 0 Å². The second-order valence-electron chi connectivity index (χ2n) is 5.40. The lowest BCUT2D eigenvalue weighted by Gasteiger charge is -2.24. The normalized spacial score (nSPS) is 16.4. The van der Waals surface area contributed by atoms with Gasteiger partial charge in [-0.05, 0) is 49.9 Å². The lowest BCUT2D eigenvalue weighted by atomic mass is 10.2. The maximum Gasteiger partial charge on any atom is 0.243 e. The highest BCUT2D eigenvalue weighted by Gasteiger charge is 2.35. The summed E-state index contributed by atoms with van der Waals surface area (Å²) in [5.74, 6) is 6.19. The summed E-state index contributed by atoms with van der Waals surface area (Å²) in [6, 6.07) is 6.63. The van der Waals surface area contributed by atoms with Crippen molar-refractivity contribution in [1.82, 2.24) is 4.31 Å². The summed E-state index contributed by atoms with van der Waals surface area (Å²) >= 11 is 0. The third-order valence-corrected chi connectivity index (χ3v) is 5.84. The van der Waals surface area contributed by atoms with Crippen LogP contribution in [0, 0.1) is 17.8 Å². The summed E-state index contributed by atoms with van der Waals surface area (Å²) in [6.07, 6.45) is 2.64. The number of nitrogens with zero attached hydrogens (tertiary/aromatic N) is 1. The fourth-order valence-corrected chi connectivity index (χ4v) is 3.61. The zero-order chi connectivity index (χ0) is 15.5. The van der Waals surface area contributed by atoms with Gasteiger partial charge in [-0.15, -0.1) is 0 Å². The summed E-state index contributed by atoms with van der Waals surface area (Å²) in [4.78, 5) is 0.296. The zero-order valence-corrected chi connectivity index (χ0v) is 13.2. The Morgan fingerprint density at radius 2 is 1.95 bits per heavy atom. The Bertz CT molecular complexity index is 636. The molecule has 1 fully saturated rings. The van der Waals surface area contributed by atoms with Crippen molar-refractivity contribution in [3.05, 3.63) is 29.8 Å². The zero-order valence-electron chi connectivity index (χ0n) is 12.4. The quantitative estimate of drug-likeness (QED) is 0.845. The number of rotatable bonds is 5. The molecule has 0 bridgehead atoms. The van der Waals surface area contributed by atoms with E-state index < -0.39 is 10.0 Å². The van der Waals surface area contributed by atoms with Crippen LogP contribution in [-0.4, -0.2) is 37.5 Å². The number of benzene rings is 1. The van der Waals surface area contributed by atoms with E-state index in [0.717, 1.165) is 18.4 Å². The van der Waals surface area contributed by atoms with Crippen LogP contribution in [0.3, 0.4) is 0 Å². The Balaban J connectivity index is 2.15. The van der Waals surface area contributed by atoms with Gasteiger partial charge in [-0.1, -0.05) is 11.8 Å². The van der Waals surface area contributed by atoms with Crippen molar-refractivity contribution in [3.8, 4) is 11.8 Å². The fourth-order valence-electron chi connectivity index (χ4n) is 2.19. The van der Waals surface area contributed by atoms with Gasteiger partial charge in [0.15, 0.2) is 0 Å². The Morgan fingerprint density at radius 3 is 2.48 bits per heavy atom. The van der Waals surface area contributed by atoms with Gasteiger partial charge in [-0.2, -0.15) is 4.31 Å². The van der Waals surface area contributed by atoms with E-state index in [1.807, 2.05) is 6.92 Å². The Hall–Kier alpha value is -1.35. The number of sulfonamides is 1. The molecule has 0 saturated heterocycles. The second-order valence-corrected chi connectivity index (χ2v) is 7.40. The molecular weight excluding hydrogens is 286 g/mol. The molecule has 1 aromatic carbocycles. The van der Waals surface area contributed by atoms with Gasteiger partial charge >= 0.3 is 0 Å². The van der Waals surface area contributed by atoms with E-state index in [1.54, 1.807) is 31.3 Å². The Kier molecular flexibility index (Phi) is 5.04. The summed E-state index contributed by atoms with van der Waals surface area (Å²) < 4.78 is 26.5. The molecule has 21 heavy (non-hydrogen) atoms. The number of aliphatic hydroxyl groups excluding tert-OH is 1. The molecule has 1 N–H and O–H groups in total. The molecule has 0 radical (unpaired) electrons. The van der Waals surface area contributed by atoms with Crippen LogP contribution in [0.25, 0.3) is 0 Å². The third kappa shape index (κ3) is 3.85. The topological polar surface area (TPSA) is 57.6 Å². The van der Waals surface area contributed by atoms with E-state index in [1.165, 1.54) is 4.31 Å². The standard InChI is InChI=1S/C16H21NO3S/c1-13(15-8-9-15)17(2)21(19,20)16-10-6-14(7-11-16)5-3-4-12-18/h6-7,10-11,13,15,18H,4,8-9,12H2,1-2H3. The van der Waals surface area contributed by atoms with Crippen LogP contribution in [0.2, 0.25) is 0 Å². The Labute approximate surface area is 126 Å². The molecule has 5 heteroatoms. The van der Waals surface area contributed by atoms with E-state index >= 15 is 0 Å². The molecule has 2 rings (SSSR count). The van der Waals surface area contributed by atoms with Crippen LogP contribution in [0.15, 0.2) is 29.2 Å². The summed E-state index contributed by atoms with van der Waals surface area (Å²) in [5, 5.41) is 8.67. The smallest absolute Gasteiger partial charge is 0.243 e. The molecular formula is C16H21NO3S. The minimum atomic E-state index is -3.44. The van der Waals surface area contributed by atoms with Crippen molar-refractivity contribution in [2.24, 2.45) is 5.92 Å². The number of aliphatic hydroxyl groups is 1. The molecule has 1 aliphatic carbocycles. The van der Waals surface area contributed by atoms with Crippen molar-refractivity contribution in [3.63, 3.8) is 0 Å². The first-order valence-electron chi connectivity index (χ1n) is 7.14. The van der Waals surface area contributed by atoms with E-state index in [-0.39, 0.29) is 12.6 Å². The second kappa shape index (κ2) is 6.61. The van der Waals surface area contributed by atoms with Gasteiger partial charge < -0.3 is 5.11 Å². The predicted molar refractivity (Wildman–Crippen MR) is 82.2 cm³/mol. The minimum Gasteiger partial charge on any atom is -0.395 e. The fraction of sp³-hybridized carbons (Fsp3) is 0.500. The van der Waals surface area contributed by atoms with Gasteiger partial charge in [0.05, 0.1) is 11.5 Å². The van der Waals surface area contributed by atoms with Crippen LogP contribution < -0.4 is 0 Å². The molecule has 4 nitrogen and oxygen atoms in total. The molecule has 114 valence electrons. The van der Waals surface area contributed by atoms with Crippen LogP contribution in [0.5, 0.6) is 0 Å². The van der Waals surface area contributed by atoms with E-state index in [4.69, 9.17) is 5.11 Å². The van der Waals surface area contributed by atoms with Crippen LogP contribution in [0.4, 0.5) is 0 Å². The molecule has 1 atom stereocenters. The van der Waals surface area contributed by atoms with Gasteiger partial charge in [-0.25, -0.2) is 8.42 Å². The van der Waals surface area contributed by atoms with Crippen LogP contribution in [0.1, 0.15) is 31.7 Å². The van der Waals surface area contributed by atoms with Gasteiger partial charge in [-0.3, -0.25) is 0 Å². The summed E-state index contributed by atoms with van der Waals surface area (Å²) in [7, 11) is -1.79. The van der Waals surface area contributed by atoms with Crippen molar-refractivity contribution in [2.75, 3.05) is 13.7 Å². The number of hydrogen-bond acceptors (Lipinski definition) is 3. The first kappa shape index (κ1) is 16.0. The van der Waals surface area contributed by atoms with Crippen molar-refractivity contribution >= 4 is 10.0 Å². The van der Waals surface area contributed by atoms with Crippen molar-refractivity contribution < 1.29 is 13.5 Å². The monoisotopic (exact) mass is 307 g/mol. The van der Waals surface area contributed by atoms with Gasteiger partial charge in [0.2, 0.25) is 10.0 Å². The SMILES string of the molecule is CC(C1CC1)N(C)S(=O)(=O)c1ccc(C#CCCO)cc1. The number of hydrogen-bond donors (Lipinski definition) is 1. The van der Waals surface area contributed by atoms with E-state index in [2.05, 4.69) is 11.8 Å². The molecule has 0 aliphatic heterocycles. The molecule has 0 aromatic heterocycles. The average molecular weight is 307 g/mol. The summed E-state index contributed by atoms with van der Waals surface area (Å²) in [6.45, 7) is 1.99. The lowest BCUT2D eigenvalue weighted by Crippen LogP contribution is -2.36.